The summed E-state index contributed by atoms with van der Waals surface area (Å²) in [4.78, 5) is 0. The highest BCUT2D eigenvalue weighted by Gasteiger charge is 2.34. The van der Waals surface area contributed by atoms with Crippen molar-refractivity contribution >= 4 is 23.2 Å². The van der Waals surface area contributed by atoms with Crippen LogP contribution in [-0.2, 0) is 0 Å². The van der Waals surface area contributed by atoms with Crippen molar-refractivity contribution in [1.29, 1.82) is 0 Å². The molecule has 10 nitrogen and oxygen atoms in total. The summed E-state index contributed by atoms with van der Waals surface area (Å²) in [6.07, 6.45) is 10.7. The predicted octanol–water partition coefficient (Wildman–Crippen LogP) is 4.22. The van der Waals surface area contributed by atoms with E-state index in [-0.39, 0.29) is 21.2 Å². The van der Waals surface area contributed by atoms with Gasteiger partial charge in [-0.15, -0.1) is 5.10 Å². The lowest BCUT2D eigenvalue weighted by molar-refractivity contribution is -0.910. The Kier molecular flexibility index (Phi) is 6.35. The van der Waals surface area contributed by atoms with Crippen molar-refractivity contribution in [2.24, 2.45) is 5.92 Å². The molecule has 1 aromatic carbocycles. The summed E-state index contributed by atoms with van der Waals surface area (Å²) in [6, 6.07) is 5.92. The van der Waals surface area contributed by atoms with Gasteiger partial charge in [-0.1, -0.05) is 36.0 Å². The highest BCUT2D eigenvalue weighted by Crippen LogP contribution is 2.40. The fourth-order valence-corrected chi connectivity index (χ4v) is 5.11. The summed E-state index contributed by atoms with van der Waals surface area (Å²) in [7, 11) is 0. The third-order valence-electron chi connectivity index (χ3n) is 6.69. The van der Waals surface area contributed by atoms with Crippen LogP contribution in [0, 0.1) is 17.6 Å². The van der Waals surface area contributed by atoms with Crippen LogP contribution in [0.25, 0.3) is 27.9 Å². The Balaban J connectivity index is 1.41. The number of halogens is 4. The summed E-state index contributed by atoms with van der Waals surface area (Å²) in [5.41, 5.74) is 1.78. The van der Waals surface area contributed by atoms with E-state index >= 15 is 4.39 Å². The largest absolute Gasteiger partial charge is 0.285 e. The van der Waals surface area contributed by atoms with Crippen LogP contribution in [0.2, 0.25) is 10.0 Å². The summed E-state index contributed by atoms with van der Waals surface area (Å²) in [6.45, 7) is 0. The molecule has 0 radical (unpaired) electrons. The minimum Gasteiger partial charge on any atom is -0.285 e. The quantitative estimate of drug-likeness (QED) is 0.223. The Hall–Kier alpha value is -4.16. The molecule has 1 saturated carbocycles. The lowest BCUT2D eigenvalue weighted by Gasteiger charge is -2.15. The first-order valence-electron chi connectivity index (χ1n) is 11.9. The maximum atomic E-state index is 15.3. The van der Waals surface area contributed by atoms with Gasteiger partial charge in [0.25, 0.3) is 11.9 Å². The van der Waals surface area contributed by atoms with E-state index in [4.69, 9.17) is 23.2 Å². The van der Waals surface area contributed by atoms with Crippen LogP contribution in [0.15, 0.2) is 61.6 Å². The van der Waals surface area contributed by atoms with Crippen molar-refractivity contribution < 1.29 is 28.7 Å². The molecule has 0 amide bonds. The van der Waals surface area contributed by atoms with E-state index in [1.807, 2.05) is 0 Å². The highest BCUT2D eigenvalue weighted by molar-refractivity contribution is 6.33. The van der Waals surface area contributed by atoms with Gasteiger partial charge in [0.1, 0.15) is 17.4 Å². The number of nitrogens with zero attached hydrogens (tertiary/aromatic N) is 8. The van der Waals surface area contributed by atoms with Crippen LogP contribution in [0.1, 0.15) is 31.0 Å². The van der Waals surface area contributed by atoms with Crippen LogP contribution in [0.5, 0.6) is 0 Å². The van der Waals surface area contributed by atoms with E-state index < -0.39 is 17.7 Å². The van der Waals surface area contributed by atoms with Gasteiger partial charge in [0.05, 0.1) is 33.6 Å². The molecule has 1 aliphatic rings. The van der Waals surface area contributed by atoms with E-state index in [9.17, 15) is 14.8 Å². The second kappa shape index (κ2) is 9.86. The molecule has 1 fully saturated rings. The molecular weight excluding hydrogens is 553 g/mol. The second-order valence-corrected chi connectivity index (χ2v) is 10.1. The smallest absolute Gasteiger partial charge is 0.258 e. The van der Waals surface area contributed by atoms with Gasteiger partial charge in [-0.2, -0.15) is 14.2 Å². The maximum absolute atomic E-state index is 15.3. The minimum atomic E-state index is -0.716. The molecule has 1 atom stereocenters. The molecule has 0 spiro atoms. The average molecular weight is 573 g/mol. The third kappa shape index (κ3) is 4.77. The van der Waals surface area contributed by atoms with Gasteiger partial charge in [-0.3, -0.25) is 15.1 Å². The van der Waals surface area contributed by atoms with E-state index in [1.165, 1.54) is 35.7 Å². The van der Waals surface area contributed by atoms with Gasteiger partial charge in [-0.25, -0.2) is 4.39 Å². The van der Waals surface area contributed by atoms with Gasteiger partial charge in [0.15, 0.2) is 5.82 Å². The third-order valence-corrected chi connectivity index (χ3v) is 7.27. The predicted molar refractivity (Wildman–Crippen MR) is 132 cm³/mol. The normalized spacial score (nSPS) is 14.1. The summed E-state index contributed by atoms with van der Waals surface area (Å²) in [5, 5.41) is 36.1. The van der Waals surface area contributed by atoms with Gasteiger partial charge < -0.3 is 0 Å². The Morgan fingerprint density at radius 1 is 1.00 bits per heavy atom. The number of pyridine rings is 2. The van der Waals surface area contributed by atoms with Crippen LogP contribution in [-0.4, -0.2) is 40.4 Å². The molecule has 0 saturated heterocycles. The zero-order valence-corrected chi connectivity index (χ0v) is 21.5. The highest BCUT2D eigenvalue weighted by atomic mass is 35.5. The van der Waals surface area contributed by atoms with E-state index in [0.717, 1.165) is 23.8 Å². The summed E-state index contributed by atoms with van der Waals surface area (Å²) >= 11 is 12.3. The van der Waals surface area contributed by atoms with Gasteiger partial charge in [-0.05, 0) is 41.0 Å². The molecule has 14 heteroatoms. The van der Waals surface area contributed by atoms with Crippen molar-refractivity contribution in [2.75, 3.05) is 0 Å². The lowest BCUT2D eigenvalue weighted by atomic mass is 10.0. The minimum absolute atomic E-state index is 0.0132. The van der Waals surface area contributed by atoms with Gasteiger partial charge >= 0.3 is 0 Å². The number of tetrazole rings is 1. The Morgan fingerprint density at radius 3 is 2.51 bits per heavy atom. The Morgan fingerprint density at radius 2 is 1.82 bits per heavy atom. The SMILES string of the molecule is O[n+]1cc(F)c(-c2cnn([C@@H](CC3CC3)c3ccc(-c4c(-n5cnnn5)ccc(Cl)c4F)c[n+]3O)c2)c(Cl)c1. The number of rotatable bonds is 7. The van der Waals surface area contributed by atoms with E-state index in [2.05, 4.69) is 20.6 Å². The summed E-state index contributed by atoms with van der Waals surface area (Å²) in [5.74, 6) is -0.967. The molecule has 198 valence electrons. The first-order valence-corrected chi connectivity index (χ1v) is 12.7. The number of aromatic nitrogens is 8. The van der Waals surface area contributed by atoms with Crippen LogP contribution in [0.4, 0.5) is 8.78 Å². The van der Waals surface area contributed by atoms with Crippen LogP contribution >= 0.6 is 23.2 Å². The average Bonchev–Trinajstić information content (AvgIpc) is 3.33. The van der Waals surface area contributed by atoms with Gasteiger partial charge in [0.2, 0.25) is 18.2 Å². The molecule has 4 heterocycles. The fraction of sp³-hybridized carbons (Fsp3) is 0.200. The van der Waals surface area contributed by atoms with Gasteiger partial charge in [0, 0.05) is 27.3 Å². The first kappa shape index (κ1) is 25.1. The molecule has 0 unspecified atom stereocenters. The molecule has 39 heavy (non-hydrogen) atoms. The summed E-state index contributed by atoms with van der Waals surface area (Å²) < 4.78 is 34.3. The molecular formula is C25H20Cl2F2N8O2+2. The molecule has 1 aliphatic carbocycles. The van der Waals surface area contributed by atoms with Crippen LogP contribution in [0.3, 0.4) is 0 Å². The molecule has 5 aromatic rings. The first-order chi connectivity index (χ1) is 18.8. The zero-order chi connectivity index (χ0) is 27.3. The standard InChI is InChI=1S/C25H20Cl2F2N8O2/c26-17-4-6-21(36-13-30-32-33-36)24(25(17)29)15-3-5-20(37(39)10-15)22(7-14-1-2-14)35-9-16(8-31-35)23-18(27)11-34(38)12-19(23)28/h3-6,8-14,22,38-39H,1-2,7H2/q+2/t22-/m0/s1. The molecule has 2 N–H and O–H groups in total. The van der Waals surface area contributed by atoms with E-state index in [1.54, 1.807) is 29.1 Å². The van der Waals surface area contributed by atoms with Crippen molar-refractivity contribution in [3.63, 3.8) is 0 Å². The monoisotopic (exact) mass is 572 g/mol. The number of hydrogen-bond acceptors (Lipinski definition) is 6. The maximum Gasteiger partial charge on any atom is 0.258 e. The van der Waals surface area contributed by atoms with Crippen molar-refractivity contribution in [3.05, 3.63) is 89.0 Å². The fourth-order valence-electron chi connectivity index (χ4n) is 4.65. The molecule has 6 rings (SSSR count). The number of hydrogen-bond donors (Lipinski definition) is 2. The van der Waals surface area contributed by atoms with Crippen molar-refractivity contribution in [3.8, 4) is 27.9 Å². The van der Waals surface area contributed by atoms with Crippen LogP contribution < -0.4 is 9.46 Å². The molecule has 4 aromatic heterocycles. The Labute approximate surface area is 229 Å². The molecule has 0 bridgehead atoms. The van der Waals surface area contributed by atoms with E-state index in [0.29, 0.717) is 39.6 Å². The zero-order valence-electron chi connectivity index (χ0n) is 20.0. The Bertz CT molecular complexity index is 1670. The second-order valence-electron chi connectivity index (χ2n) is 9.31. The number of benzene rings is 1. The van der Waals surface area contributed by atoms with Crippen molar-refractivity contribution in [1.82, 2.24) is 30.0 Å². The lowest BCUT2D eigenvalue weighted by Crippen LogP contribution is -2.38. The van der Waals surface area contributed by atoms with Crippen molar-refractivity contribution in [2.45, 2.75) is 25.3 Å². The topological polar surface area (TPSA) is 110 Å². The molecule has 0 aliphatic heterocycles.